The molecular formula is C12H22N4O4. The number of primary amides is 1. The summed E-state index contributed by atoms with van der Waals surface area (Å²) in [5.74, 6) is -1.96. The van der Waals surface area contributed by atoms with E-state index in [1.165, 1.54) is 13.8 Å². The lowest BCUT2D eigenvalue weighted by Gasteiger charge is -2.20. The number of carbonyl (C=O) groups excluding carboxylic acids is 4. The Hall–Kier alpha value is -1.96. The van der Waals surface area contributed by atoms with Crippen molar-refractivity contribution < 1.29 is 19.2 Å². The van der Waals surface area contributed by atoms with Crippen molar-refractivity contribution in [2.75, 3.05) is 7.05 Å². The van der Waals surface area contributed by atoms with Crippen LogP contribution in [0.5, 0.6) is 0 Å². The molecule has 0 saturated heterocycles. The number of likely N-dealkylation sites (N-methyl/N-ethyl adjacent to an activating group) is 1. The summed E-state index contributed by atoms with van der Waals surface area (Å²) in [5.41, 5.74) is 5.00. The molecule has 0 aliphatic rings. The quantitative estimate of drug-likeness (QED) is 0.412. The standard InChI is InChI=1S/C12H22N4O4/c1-6(14-4)11(19)15-7(2)12(20)16-9(8(3)17)5-10(13)18/h6-7,9,14H,5H2,1-4H3,(H2,13,18)(H,15,19)(H,16,20). The van der Waals surface area contributed by atoms with Crippen molar-refractivity contribution in [2.45, 2.75) is 45.3 Å². The smallest absolute Gasteiger partial charge is 0.242 e. The maximum atomic E-state index is 11.8. The zero-order valence-electron chi connectivity index (χ0n) is 12.1. The summed E-state index contributed by atoms with van der Waals surface area (Å²) in [4.78, 5) is 45.5. The van der Waals surface area contributed by atoms with Crippen molar-refractivity contribution in [3.05, 3.63) is 0 Å². The molecule has 114 valence electrons. The van der Waals surface area contributed by atoms with Gasteiger partial charge in [0.25, 0.3) is 0 Å². The highest BCUT2D eigenvalue weighted by Gasteiger charge is 2.24. The van der Waals surface area contributed by atoms with Gasteiger partial charge in [-0.05, 0) is 27.8 Å². The fraction of sp³-hybridized carbons (Fsp3) is 0.667. The maximum Gasteiger partial charge on any atom is 0.242 e. The van der Waals surface area contributed by atoms with Gasteiger partial charge in [0.1, 0.15) is 6.04 Å². The van der Waals surface area contributed by atoms with Gasteiger partial charge in [0.05, 0.1) is 18.5 Å². The van der Waals surface area contributed by atoms with E-state index < -0.39 is 29.9 Å². The van der Waals surface area contributed by atoms with Crippen LogP contribution in [0.4, 0.5) is 0 Å². The number of amides is 3. The molecule has 0 aromatic carbocycles. The third-order valence-corrected chi connectivity index (χ3v) is 2.79. The third-order valence-electron chi connectivity index (χ3n) is 2.79. The first kappa shape index (κ1) is 18.0. The Morgan fingerprint density at radius 3 is 1.90 bits per heavy atom. The van der Waals surface area contributed by atoms with Gasteiger partial charge < -0.3 is 21.7 Å². The molecule has 0 bridgehead atoms. The Morgan fingerprint density at radius 1 is 1.00 bits per heavy atom. The lowest BCUT2D eigenvalue weighted by Crippen LogP contribution is -2.53. The van der Waals surface area contributed by atoms with Crippen LogP contribution in [0.25, 0.3) is 0 Å². The van der Waals surface area contributed by atoms with Gasteiger partial charge in [0.2, 0.25) is 17.7 Å². The topological polar surface area (TPSA) is 130 Å². The van der Waals surface area contributed by atoms with Crippen LogP contribution in [0.3, 0.4) is 0 Å². The van der Waals surface area contributed by atoms with Crippen LogP contribution in [0, 0.1) is 0 Å². The molecule has 20 heavy (non-hydrogen) atoms. The average Bonchev–Trinajstić information content (AvgIpc) is 2.35. The summed E-state index contributed by atoms with van der Waals surface area (Å²) in [6, 6.07) is -2.24. The highest BCUT2D eigenvalue weighted by atomic mass is 16.2. The number of Topliss-reactive ketones (excluding diaryl/α,β-unsaturated/α-hetero) is 1. The van der Waals surface area contributed by atoms with Gasteiger partial charge in [-0.2, -0.15) is 0 Å². The van der Waals surface area contributed by atoms with Crippen LogP contribution < -0.4 is 21.7 Å². The van der Waals surface area contributed by atoms with Crippen molar-refractivity contribution >= 4 is 23.5 Å². The highest BCUT2D eigenvalue weighted by Crippen LogP contribution is 1.95. The van der Waals surface area contributed by atoms with Gasteiger partial charge in [0, 0.05) is 0 Å². The molecule has 0 rings (SSSR count). The summed E-state index contributed by atoms with van der Waals surface area (Å²) in [7, 11) is 1.62. The Bertz CT molecular complexity index is 397. The van der Waals surface area contributed by atoms with E-state index in [1.54, 1.807) is 14.0 Å². The zero-order valence-corrected chi connectivity index (χ0v) is 12.1. The first-order valence-corrected chi connectivity index (χ1v) is 6.25. The molecule has 0 aromatic heterocycles. The monoisotopic (exact) mass is 286 g/mol. The molecule has 0 aliphatic heterocycles. The van der Waals surface area contributed by atoms with Crippen molar-refractivity contribution in [1.29, 1.82) is 0 Å². The largest absolute Gasteiger partial charge is 0.370 e. The Labute approximate surface area is 117 Å². The highest BCUT2D eigenvalue weighted by molar-refractivity contribution is 5.94. The van der Waals surface area contributed by atoms with E-state index in [-0.39, 0.29) is 18.1 Å². The number of hydrogen-bond acceptors (Lipinski definition) is 5. The molecule has 0 saturated carbocycles. The second kappa shape index (κ2) is 8.26. The average molecular weight is 286 g/mol. The van der Waals surface area contributed by atoms with E-state index in [0.717, 1.165) is 0 Å². The van der Waals surface area contributed by atoms with Crippen molar-refractivity contribution in [3.8, 4) is 0 Å². The van der Waals surface area contributed by atoms with Crippen LogP contribution >= 0.6 is 0 Å². The summed E-state index contributed by atoms with van der Waals surface area (Å²) in [6.45, 7) is 4.38. The first-order chi connectivity index (χ1) is 9.18. The number of nitrogens with two attached hydrogens (primary N) is 1. The number of carbonyl (C=O) groups is 4. The lowest BCUT2D eigenvalue weighted by atomic mass is 10.1. The molecule has 3 unspecified atom stereocenters. The number of ketones is 1. The van der Waals surface area contributed by atoms with Crippen LogP contribution in [-0.2, 0) is 19.2 Å². The molecular weight excluding hydrogens is 264 g/mol. The lowest BCUT2D eigenvalue weighted by molar-refractivity contribution is -0.132. The molecule has 0 spiro atoms. The van der Waals surface area contributed by atoms with Crippen LogP contribution in [0.1, 0.15) is 27.2 Å². The molecule has 0 radical (unpaired) electrons. The van der Waals surface area contributed by atoms with E-state index in [1.807, 2.05) is 0 Å². The summed E-state index contributed by atoms with van der Waals surface area (Å²) < 4.78 is 0. The Kier molecular flexibility index (Phi) is 7.45. The molecule has 0 fully saturated rings. The second-order valence-electron chi connectivity index (χ2n) is 4.58. The van der Waals surface area contributed by atoms with Gasteiger partial charge in [-0.3, -0.25) is 19.2 Å². The minimum atomic E-state index is -0.971. The SMILES string of the molecule is CNC(C)C(=O)NC(C)C(=O)NC(CC(N)=O)C(C)=O. The van der Waals surface area contributed by atoms with Gasteiger partial charge in [-0.1, -0.05) is 0 Å². The van der Waals surface area contributed by atoms with E-state index in [9.17, 15) is 19.2 Å². The van der Waals surface area contributed by atoms with Gasteiger partial charge in [0.15, 0.2) is 5.78 Å². The number of rotatable bonds is 8. The summed E-state index contributed by atoms with van der Waals surface area (Å²) >= 11 is 0. The summed E-state index contributed by atoms with van der Waals surface area (Å²) in [5, 5.41) is 7.61. The van der Waals surface area contributed by atoms with E-state index in [2.05, 4.69) is 16.0 Å². The fourth-order valence-corrected chi connectivity index (χ4v) is 1.33. The third kappa shape index (κ3) is 6.28. The van der Waals surface area contributed by atoms with E-state index in [4.69, 9.17) is 5.73 Å². The first-order valence-electron chi connectivity index (χ1n) is 6.25. The van der Waals surface area contributed by atoms with Gasteiger partial charge >= 0.3 is 0 Å². The number of nitrogens with one attached hydrogen (secondary N) is 3. The molecule has 0 heterocycles. The molecule has 0 aliphatic carbocycles. The minimum absolute atomic E-state index is 0.269. The van der Waals surface area contributed by atoms with Gasteiger partial charge in [-0.15, -0.1) is 0 Å². The van der Waals surface area contributed by atoms with Crippen LogP contribution in [0.15, 0.2) is 0 Å². The normalized spacial score (nSPS) is 14.8. The minimum Gasteiger partial charge on any atom is -0.370 e. The predicted molar refractivity (Wildman–Crippen MR) is 72.5 cm³/mol. The second-order valence-corrected chi connectivity index (χ2v) is 4.58. The van der Waals surface area contributed by atoms with Crippen molar-refractivity contribution in [2.24, 2.45) is 5.73 Å². The Balaban J connectivity index is 4.53. The summed E-state index contributed by atoms with van der Waals surface area (Å²) in [6.07, 6.45) is -0.269. The van der Waals surface area contributed by atoms with Crippen molar-refractivity contribution in [3.63, 3.8) is 0 Å². The van der Waals surface area contributed by atoms with Crippen LogP contribution in [0.2, 0.25) is 0 Å². The zero-order chi connectivity index (χ0) is 15.9. The molecule has 5 N–H and O–H groups in total. The molecule has 3 amide bonds. The van der Waals surface area contributed by atoms with Crippen molar-refractivity contribution in [1.82, 2.24) is 16.0 Å². The van der Waals surface area contributed by atoms with Gasteiger partial charge in [-0.25, -0.2) is 0 Å². The fourth-order valence-electron chi connectivity index (χ4n) is 1.33. The molecule has 8 nitrogen and oxygen atoms in total. The molecule has 0 aromatic rings. The van der Waals surface area contributed by atoms with E-state index in [0.29, 0.717) is 0 Å². The predicted octanol–water partition coefficient (Wildman–Crippen LogP) is -1.95. The van der Waals surface area contributed by atoms with E-state index >= 15 is 0 Å². The Morgan fingerprint density at radius 2 is 1.50 bits per heavy atom. The van der Waals surface area contributed by atoms with Crippen LogP contribution in [-0.4, -0.2) is 48.7 Å². The molecule has 3 atom stereocenters. The maximum absolute atomic E-state index is 11.8. The molecule has 8 heteroatoms. The number of hydrogen-bond donors (Lipinski definition) is 4.